The first-order valence-electron chi connectivity index (χ1n) is 6.67. The molecule has 2 aromatic carbocycles. The Hall–Kier alpha value is -1.27. The van der Waals surface area contributed by atoms with E-state index in [0.717, 1.165) is 12.8 Å². The monoisotopic (exact) mass is 256 g/mol. The van der Waals surface area contributed by atoms with Crippen LogP contribution < -0.4 is 0 Å². The van der Waals surface area contributed by atoms with Gasteiger partial charge in [-0.1, -0.05) is 55.0 Å². The summed E-state index contributed by atoms with van der Waals surface area (Å²) in [4.78, 5) is 0. The van der Waals surface area contributed by atoms with E-state index in [9.17, 15) is 0 Å². The van der Waals surface area contributed by atoms with Crippen LogP contribution in [0, 0.1) is 0 Å². The van der Waals surface area contributed by atoms with E-state index >= 15 is 0 Å². The zero-order valence-electron chi connectivity index (χ0n) is 10.4. The SMILES string of the molecule is ClC1C=C(c2cccc3ccccc23)CCCC1. The largest absolute Gasteiger partial charge is 0.118 e. The summed E-state index contributed by atoms with van der Waals surface area (Å²) >= 11 is 6.34. The zero-order chi connectivity index (χ0) is 12.4. The van der Waals surface area contributed by atoms with Gasteiger partial charge in [0.25, 0.3) is 0 Å². The normalized spacial score (nSPS) is 20.5. The molecule has 1 aliphatic rings. The highest BCUT2D eigenvalue weighted by atomic mass is 35.5. The molecule has 0 nitrogen and oxygen atoms in total. The summed E-state index contributed by atoms with van der Waals surface area (Å²) in [5.74, 6) is 0. The minimum atomic E-state index is 0.196. The molecule has 0 radical (unpaired) electrons. The van der Waals surface area contributed by atoms with Gasteiger partial charge in [0.15, 0.2) is 0 Å². The molecule has 1 aliphatic carbocycles. The molecule has 0 N–H and O–H groups in total. The van der Waals surface area contributed by atoms with Crippen molar-refractivity contribution < 1.29 is 0 Å². The molecular formula is C17H17Cl. The summed E-state index contributed by atoms with van der Waals surface area (Å²) in [7, 11) is 0. The number of hydrogen-bond acceptors (Lipinski definition) is 0. The molecule has 0 heterocycles. The van der Waals surface area contributed by atoms with Gasteiger partial charge in [0, 0.05) is 0 Å². The molecule has 3 rings (SSSR count). The van der Waals surface area contributed by atoms with E-state index in [1.54, 1.807) is 0 Å². The molecule has 92 valence electrons. The maximum absolute atomic E-state index is 6.34. The fourth-order valence-electron chi connectivity index (χ4n) is 2.77. The summed E-state index contributed by atoms with van der Waals surface area (Å²) in [5, 5.41) is 2.85. The van der Waals surface area contributed by atoms with E-state index < -0.39 is 0 Å². The van der Waals surface area contributed by atoms with Crippen molar-refractivity contribution in [2.45, 2.75) is 31.1 Å². The Morgan fingerprint density at radius 1 is 0.944 bits per heavy atom. The Balaban J connectivity index is 2.13. The number of rotatable bonds is 1. The molecule has 18 heavy (non-hydrogen) atoms. The van der Waals surface area contributed by atoms with Gasteiger partial charge >= 0.3 is 0 Å². The molecule has 2 aromatic rings. The van der Waals surface area contributed by atoms with Crippen molar-refractivity contribution in [1.29, 1.82) is 0 Å². The van der Waals surface area contributed by atoms with Gasteiger partial charge in [0.1, 0.15) is 0 Å². The van der Waals surface area contributed by atoms with Gasteiger partial charge in [-0.05, 0) is 41.2 Å². The average molecular weight is 257 g/mol. The van der Waals surface area contributed by atoms with Crippen LogP contribution in [0.1, 0.15) is 31.2 Å². The second-order valence-electron chi connectivity index (χ2n) is 4.98. The quantitative estimate of drug-likeness (QED) is 0.599. The molecule has 0 aromatic heterocycles. The summed E-state index contributed by atoms with van der Waals surface area (Å²) in [6.45, 7) is 0. The van der Waals surface area contributed by atoms with Crippen LogP contribution in [0.25, 0.3) is 16.3 Å². The summed E-state index contributed by atoms with van der Waals surface area (Å²) in [6.07, 6.45) is 7.00. The first-order valence-corrected chi connectivity index (χ1v) is 7.11. The molecule has 0 aliphatic heterocycles. The highest BCUT2D eigenvalue weighted by Crippen LogP contribution is 2.32. The molecule has 0 saturated heterocycles. The van der Waals surface area contributed by atoms with E-state index in [4.69, 9.17) is 11.6 Å². The van der Waals surface area contributed by atoms with Crippen LogP contribution >= 0.6 is 11.6 Å². The smallest absolute Gasteiger partial charge is 0.0521 e. The number of halogens is 1. The van der Waals surface area contributed by atoms with Crippen LogP contribution in [0.2, 0.25) is 0 Å². The molecule has 0 spiro atoms. The molecule has 0 bridgehead atoms. The van der Waals surface area contributed by atoms with Crippen molar-refractivity contribution in [3.8, 4) is 0 Å². The lowest BCUT2D eigenvalue weighted by molar-refractivity contribution is 0.724. The Labute approximate surface area is 113 Å². The van der Waals surface area contributed by atoms with Crippen LogP contribution in [-0.2, 0) is 0 Å². The van der Waals surface area contributed by atoms with Crippen molar-refractivity contribution in [3.05, 3.63) is 54.1 Å². The van der Waals surface area contributed by atoms with E-state index in [1.807, 2.05) is 0 Å². The van der Waals surface area contributed by atoms with Gasteiger partial charge in [0.05, 0.1) is 5.38 Å². The van der Waals surface area contributed by atoms with Crippen LogP contribution in [-0.4, -0.2) is 5.38 Å². The van der Waals surface area contributed by atoms with Gasteiger partial charge < -0.3 is 0 Å². The predicted octanol–water partition coefficient (Wildman–Crippen LogP) is 5.40. The van der Waals surface area contributed by atoms with Gasteiger partial charge in [-0.25, -0.2) is 0 Å². The van der Waals surface area contributed by atoms with Crippen molar-refractivity contribution in [1.82, 2.24) is 0 Å². The van der Waals surface area contributed by atoms with E-state index in [-0.39, 0.29) is 5.38 Å². The topological polar surface area (TPSA) is 0 Å². The highest BCUT2D eigenvalue weighted by Gasteiger charge is 2.12. The van der Waals surface area contributed by atoms with Crippen molar-refractivity contribution in [2.75, 3.05) is 0 Å². The highest BCUT2D eigenvalue weighted by molar-refractivity contribution is 6.22. The predicted molar refractivity (Wildman–Crippen MR) is 80.0 cm³/mol. The molecule has 1 atom stereocenters. The molecule has 1 heteroatoms. The first kappa shape index (κ1) is 11.8. The minimum absolute atomic E-state index is 0.196. The Morgan fingerprint density at radius 3 is 2.72 bits per heavy atom. The number of allylic oxidation sites excluding steroid dienone is 2. The molecular weight excluding hydrogens is 240 g/mol. The lowest BCUT2D eigenvalue weighted by Gasteiger charge is -2.10. The van der Waals surface area contributed by atoms with Crippen molar-refractivity contribution in [2.24, 2.45) is 0 Å². The number of fused-ring (bicyclic) bond motifs is 1. The maximum atomic E-state index is 6.34. The second kappa shape index (κ2) is 5.16. The van der Waals surface area contributed by atoms with Gasteiger partial charge in [-0.3, -0.25) is 0 Å². The van der Waals surface area contributed by atoms with E-state index in [1.165, 1.54) is 34.8 Å². The standard InChI is InChI=1S/C17H17Cl/c18-15-9-3-1-7-14(12-15)17-11-5-8-13-6-2-4-10-16(13)17/h2,4-6,8,10-12,15H,1,3,7,9H2. The Bertz CT molecular complexity index is 578. The Morgan fingerprint density at radius 2 is 1.78 bits per heavy atom. The zero-order valence-corrected chi connectivity index (χ0v) is 11.2. The van der Waals surface area contributed by atoms with Gasteiger partial charge in [-0.2, -0.15) is 0 Å². The van der Waals surface area contributed by atoms with E-state index in [0.29, 0.717) is 0 Å². The molecule has 0 saturated carbocycles. The summed E-state index contributed by atoms with van der Waals surface area (Å²) in [5.41, 5.74) is 2.78. The number of benzene rings is 2. The van der Waals surface area contributed by atoms with Crippen LogP contribution in [0.5, 0.6) is 0 Å². The second-order valence-corrected chi connectivity index (χ2v) is 5.54. The third-order valence-electron chi connectivity index (χ3n) is 3.69. The molecule has 1 unspecified atom stereocenters. The molecule has 0 fully saturated rings. The lowest BCUT2D eigenvalue weighted by Crippen LogP contribution is -1.92. The minimum Gasteiger partial charge on any atom is -0.118 e. The van der Waals surface area contributed by atoms with Crippen molar-refractivity contribution in [3.63, 3.8) is 0 Å². The third kappa shape index (κ3) is 2.30. The van der Waals surface area contributed by atoms with Crippen LogP contribution in [0.15, 0.2) is 48.5 Å². The fraction of sp³-hybridized carbons (Fsp3) is 0.294. The summed E-state index contributed by atoms with van der Waals surface area (Å²) < 4.78 is 0. The number of alkyl halides is 1. The average Bonchev–Trinajstić information content (AvgIpc) is 2.63. The summed E-state index contributed by atoms with van der Waals surface area (Å²) in [6, 6.07) is 15.1. The van der Waals surface area contributed by atoms with Crippen molar-refractivity contribution >= 4 is 27.9 Å². The maximum Gasteiger partial charge on any atom is 0.0521 e. The third-order valence-corrected chi connectivity index (χ3v) is 4.04. The fourth-order valence-corrected chi connectivity index (χ4v) is 3.08. The van der Waals surface area contributed by atoms with Gasteiger partial charge in [0.2, 0.25) is 0 Å². The van der Waals surface area contributed by atoms with E-state index in [2.05, 4.69) is 48.5 Å². The molecule has 0 amide bonds. The Kier molecular flexibility index (Phi) is 3.38. The van der Waals surface area contributed by atoms with Gasteiger partial charge in [-0.15, -0.1) is 11.6 Å². The lowest BCUT2D eigenvalue weighted by atomic mass is 9.95. The van der Waals surface area contributed by atoms with Crippen LogP contribution in [0.3, 0.4) is 0 Å². The number of hydrogen-bond donors (Lipinski definition) is 0. The first-order chi connectivity index (χ1) is 8.84. The van der Waals surface area contributed by atoms with Crippen LogP contribution in [0.4, 0.5) is 0 Å².